The molecule has 0 aliphatic heterocycles. The molecule has 2 rings (SSSR count). The van der Waals surface area contributed by atoms with E-state index < -0.39 is 0 Å². The van der Waals surface area contributed by atoms with Gasteiger partial charge in [0.15, 0.2) is 6.61 Å². The highest BCUT2D eigenvalue weighted by atomic mass is 16.5. The van der Waals surface area contributed by atoms with Crippen molar-refractivity contribution < 1.29 is 9.53 Å². The predicted octanol–water partition coefficient (Wildman–Crippen LogP) is 1.06. The second kappa shape index (κ2) is 5.68. The number of para-hydroxylation sites is 1. The van der Waals surface area contributed by atoms with E-state index in [0.717, 1.165) is 17.9 Å². The molecule has 1 aliphatic carbocycles. The largest absolute Gasteiger partial charge is 0.483 e. The van der Waals surface area contributed by atoms with Crippen LogP contribution in [0, 0.1) is 0 Å². The molecule has 0 saturated heterocycles. The Bertz CT molecular complexity index is 389. The van der Waals surface area contributed by atoms with Crippen LogP contribution in [-0.2, 0) is 11.3 Å². The molecule has 4 heteroatoms. The Kier molecular flexibility index (Phi) is 3.98. The third-order valence-corrected chi connectivity index (χ3v) is 2.77. The summed E-state index contributed by atoms with van der Waals surface area (Å²) < 4.78 is 5.49. The Morgan fingerprint density at radius 3 is 2.88 bits per heavy atom. The second-order valence-corrected chi connectivity index (χ2v) is 4.22. The van der Waals surface area contributed by atoms with Crippen LogP contribution in [0.1, 0.15) is 18.4 Å². The summed E-state index contributed by atoms with van der Waals surface area (Å²) in [4.78, 5) is 11.1. The number of ether oxygens (including phenoxy) is 1. The number of carbonyl (C=O) groups excluding carboxylic acids is 1. The Hall–Kier alpha value is -1.55. The van der Waals surface area contributed by atoms with Crippen molar-refractivity contribution in [2.45, 2.75) is 25.4 Å². The molecule has 4 nitrogen and oxygen atoms in total. The summed E-state index contributed by atoms with van der Waals surface area (Å²) in [6.45, 7) is 0.867. The first-order valence-electron chi connectivity index (χ1n) is 5.94. The van der Waals surface area contributed by atoms with Gasteiger partial charge in [-0.15, -0.1) is 0 Å². The van der Waals surface area contributed by atoms with Gasteiger partial charge in [0, 0.05) is 25.2 Å². The van der Waals surface area contributed by atoms with Gasteiger partial charge in [-0.3, -0.25) is 4.79 Å². The van der Waals surface area contributed by atoms with Crippen molar-refractivity contribution in [3.05, 3.63) is 29.8 Å². The molecule has 0 aromatic heterocycles. The lowest BCUT2D eigenvalue weighted by Gasteiger charge is -2.11. The van der Waals surface area contributed by atoms with Crippen LogP contribution >= 0.6 is 0 Å². The summed E-state index contributed by atoms with van der Waals surface area (Å²) >= 11 is 0. The van der Waals surface area contributed by atoms with E-state index >= 15 is 0 Å². The first-order chi connectivity index (χ1) is 8.29. The Labute approximate surface area is 101 Å². The minimum atomic E-state index is -0.116. The first-order valence-corrected chi connectivity index (χ1v) is 5.94. The van der Waals surface area contributed by atoms with Crippen LogP contribution in [0.4, 0.5) is 0 Å². The van der Waals surface area contributed by atoms with Crippen molar-refractivity contribution in [3.8, 4) is 5.75 Å². The average molecular weight is 234 g/mol. The lowest BCUT2D eigenvalue weighted by atomic mass is 10.2. The van der Waals surface area contributed by atoms with E-state index in [-0.39, 0.29) is 12.5 Å². The van der Waals surface area contributed by atoms with Crippen molar-refractivity contribution in [2.75, 3.05) is 13.7 Å². The Morgan fingerprint density at radius 2 is 2.18 bits per heavy atom. The van der Waals surface area contributed by atoms with Crippen LogP contribution in [0.25, 0.3) is 0 Å². The summed E-state index contributed by atoms with van der Waals surface area (Å²) in [5.41, 5.74) is 1.10. The van der Waals surface area contributed by atoms with E-state index in [2.05, 4.69) is 10.6 Å². The summed E-state index contributed by atoms with van der Waals surface area (Å²) in [5, 5.41) is 5.97. The fraction of sp³-hybridized carbons (Fsp3) is 0.462. The number of benzene rings is 1. The lowest BCUT2D eigenvalue weighted by Crippen LogP contribution is -2.25. The summed E-state index contributed by atoms with van der Waals surface area (Å²) in [5.74, 6) is 0.666. The third kappa shape index (κ3) is 3.75. The standard InChI is InChI=1S/C13H18N2O2/c1-14-13(16)9-17-12-5-3-2-4-10(12)8-15-11-6-7-11/h2-5,11,15H,6-9H2,1H3,(H,14,16). The molecule has 1 fully saturated rings. The number of amides is 1. The van der Waals surface area contributed by atoms with E-state index in [1.165, 1.54) is 12.8 Å². The molecule has 2 N–H and O–H groups in total. The fourth-order valence-electron chi connectivity index (χ4n) is 1.55. The highest BCUT2D eigenvalue weighted by molar-refractivity contribution is 5.77. The van der Waals surface area contributed by atoms with Gasteiger partial charge in [-0.2, -0.15) is 0 Å². The highest BCUT2D eigenvalue weighted by Crippen LogP contribution is 2.22. The number of carbonyl (C=O) groups is 1. The summed E-state index contributed by atoms with van der Waals surface area (Å²) in [6.07, 6.45) is 2.53. The van der Waals surface area contributed by atoms with Gasteiger partial charge < -0.3 is 15.4 Å². The molecule has 1 saturated carbocycles. The van der Waals surface area contributed by atoms with Crippen LogP contribution in [0.3, 0.4) is 0 Å². The highest BCUT2D eigenvalue weighted by Gasteiger charge is 2.20. The van der Waals surface area contributed by atoms with Gasteiger partial charge in [-0.25, -0.2) is 0 Å². The van der Waals surface area contributed by atoms with Gasteiger partial charge >= 0.3 is 0 Å². The van der Waals surface area contributed by atoms with Crippen LogP contribution in [0.15, 0.2) is 24.3 Å². The van der Waals surface area contributed by atoms with Gasteiger partial charge in [0.25, 0.3) is 5.91 Å². The number of rotatable bonds is 6. The minimum Gasteiger partial charge on any atom is -0.483 e. The molecule has 0 bridgehead atoms. The number of hydrogen-bond donors (Lipinski definition) is 2. The lowest BCUT2D eigenvalue weighted by molar-refractivity contribution is -0.122. The number of likely N-dealkylation sites (N-methyl/N-ethyl adjacent to an activating group) is 1. The number of hydrogen-bond acceptors (Lipinski definition) is 3. The smallest absolute Gasteiger partial charge is 0.257 e. The van der Waals surface area contributed by atoms with Crippen LogP contribution in [0.5, 0.6) is 5.75 Å². The minimum absolute atomic E-state index is 0.0664. The molecule has 92 valence electrons. The normalized spacial score (nSPS) is 14.4. The van der Waals surface area contributed by atoms with Gasteiger partial charge in [-0.1, -0.05) is 18.2 Å². The monoisotopic (exact) mass is 234 g/mol. The molecule has 17 heavy (non-hydrogen) atoms. The van der Waals surface area contributed by atoms with Crippen molar-refractivity contribution >= 4 is 5.91 Å². The van der Waals surface area contributed by atoms with Crippen molar-refractivity contribution in [2.24, 2.45) is 0 Å². The second-order valence-electron chi connectivity index (χ2n) is 4.22. The zero-order valence-electron chi connectivity index (χ0n) is 10.0. The molecule has 1 aromatic carbocycles. The average Bonchev–Trinajstić information content (AvgIpc) is 3.18. The third-order valence-electron chi connectivity index (χ3n) is 2.77. The molecule has 0 spiro atoms. The molecule has 0 atom stereocenters. The van der Waals surface area contributed by atoms with Gasteiger partial charge in [0.2, 0.25) is 0 Å². The van der Waals surface area contributed by atoms with Crippen molar-refractivity contribution in [3.63, 3.8) is 0 Å². The maximum atomic E-state index is 11.1. The van der Waals surface area contributed by atoms with E-state index in [0.29, 0.717) is 6.04 Å². The molecular weight excluding hydrogens is 216 g/mol. The summed E-state index contributed by atoms with van der Waals surface area (Å²) in [6, 6.07) is 8.49. The van der Waals surface area contributed by atoms with Crippen molar-refractivity contribution in [1.82, 2.24) is 10.6 Å². The maximum absolute atomic E-state index is 11.1. The first kappa shape index (κ1) is 11.9. The quantitative estimate of drug-likeness (QED) is 0.774. The van der Waals surface area contributed by atoms with Gasteiger partial charge in [-0.05, 0) is 18.9 Å². The molecule has 1 aliphatic rings. The molecular formula is C13H18N2O2. The fourth-order valence-corrected chi connectivity index (χ4v) is 1.55. The summed E-state index contributed by atoms with van der Waals surface area (Å²) in [7, 11) is 1.60. The molecule has 1 aromatic rings. The maximum Gasteiger partial charge on any atom is 0.257 e. The Balaban J connectivity index is 1.91. The van der Waals surface area contributed by atoms with Crippen molar-refractivity contribution in [1.29, 1.82) is 0 Å². The molecule has 1 amide bonds. The van der Waals surface area contributed by atoms with E-state index in [4.69, 9.17) is 4.74 Å². The Morgan fingerprint density at radius 1 is 1.41 bits per heavy atom. The SMILES string of the molecule is CNC(=O)COc1ccccc1CNC1CC1. The molecule has 0 heterocycles. The van der Waals surface area contributed by atoms with E-state index in [1.54, 1.807) is 7.05 Å². The van der Waals surface area contributed by atoms with E-state index in [1.807, 2.05) is 24.3 Å². The molecule has 0 radical (unpaired) electrons. The van der Waals surface area contributed by atoms with Gasteiger partial charge in [0.1, 0.15) is 5.75 Å². The topological polar surface area (TPSA) is 50.4 Å². The molecule has 0 unspecified atom stereocenters. The predicted molar refractivity (Wildman–Crippen MR) is 65.9 cm³/mol. The van der Waals surface area contributed by atoms with Crippen LogP contribution < -0.4 is 15.4 Å². The number of nitrogens with one attached hydrogen (secondary N) is 2. The zero-order valence-corrected chi connectivity index (χ0v) is 10.0. The van der Waals surface area contributed by atoms with Gasteiger partial charge in [0.05, 0.1) is 0 Å². The zero-order chi connectivity index (χ0) is 12.1. The van der Waals surface area contributed by atoms with Crippen LogP contribution in [0.2, 0.25) is 0 Å². The van der Waals surface area contributed by atoms with E-state index in [9.17, 15) is 4.79 Å². The van der Waals surface area contributed by atoms with Crippen LogP contribution in [-0.4, -0.2) is 25.6 Å².